The number of hydrogen-bond acceptors (Lipinski definition) is 2. The molecule has 1 unspecified atom stereocenters. The van der Waals surface area contributed by atoms with Crippen molar-refractivity contribution in [3.63, 3.8) is 0 Å². The Balaban J connectivity index is 2.19. The fourth-order valence-corrected chi connectivity index (χ4v) is 2.54. The third-order valence-corrected chi connectivity index (χ3v) is 3.56. The van der Waals surface area contributed by atoms with Crippen LogP contribution in [0.4, 0.5) is 0 Å². The topological polar surface area (TPSA) is 40.5 Å². The second kappa shape index (κ2) is 7.12. The average Bonchev–Trinajstić information content (AvgIpc) is 2.47. The molecule has 20 heavy (non-hydrogen) atoms. The first-order chi connectivity index (χ1) is 9.72. The molecule has 3 nitrogen and oxygen atoms in total. The molecule has 1 N–H and O–H groups in total. The van der Waals surface area contributed by atoms with Crippen molar-refractivity contribution in [2.45, 2.75) is 26.2 Å². The van der Waals surface area contributed by atoms with Crippen molar-refractivity contribution in [2.75, 3.05) is 19.7 Å². The maximum absolute atomic E-state index is 12.6. The Morgan fingerprint density at radius 1 is 1.45 bits per heavy atom. The van der Waals surface area contributed by atoms with E-state index in [-0.39, 0.29) is 12.5 Å². The number of rotatable bonds is 2. The number of likely N-dealkylation sites (tertiary alicyclic amines) is 1. The SMILES string of the molecule is CC1CCCN(C(=O)c2ccccc2C#CCCO)C1. The third kappa shape index (κ3) is 3.61. The number of hydrogen-bond donors (Lipinski definition) is 1. The predicted octanol–water partition coefficient (Wildman–Crippen LogP) is 2.29. The summed E-state index contributed by atoms with van der Waals surface area (Å²) in [7, 11) is 0. The number of amides is 1. The molecule has 1 aliphatic heterocycles. The van der Waals surface area contributed by atoms with Gasteiger partial charge in [-0.2, -0.15) is 0 Å². The first-order valence-electron chi connectivity index (χ1n) is 7.20. The van der Waals surface area contributed by atoms with E-state index >= 15 is 0 Å². The quantitative estimate of drug-likeness (QED) is 0.838. The predicted molar refractivity (Wildman–Crippen MR) is 79.3 cm³/mol. The lowest BCUT2D eigenvalue weighted by atomic mass is 9.98. The Labute approximate surface area is 120 Å². The molecule has 3 heteroatoms. The van der Waals surface area contributed by atoms with Crippen LogP contribution >= 0.6 is 0 Å². The highest BCUT2D eigenvalue weighted by atomic mass is 16.2. The van der Waals surface area contributed by atoms with Crippen LogP contribution in [0, 0.1) is 17.8 Å². The van der Waals surface area contributed by atoms with Crippen molar-refractivity contribution in [3.05, 3.63) is 35.4 Å². The van der Waals surface area contributed by atoms with Crippen LogP contribution in [-0.4, -0.2) is 35.6 Å². The second-order valence-electron chi connectivity index (χ2n) is 5.32. The Kier molecular flexibility index (Phi) is 5.20. The molecule has 1 fully saturated rings. The summed E-state index contributed by atoms with van der Waals surface area (Å²) in [5.41, 5.74) is 1.43. The van der Waals surface area contributed by atoms with Crippen LogP contribution < -0.4 is 0 Å². The van der Waals surface area contributed by atoms with Crippen LogP contribution in [0.1, 0.15) is 42.1 Å². The highest BCUT2D eigenvalue weighted by Gasteiger charge is 2.23. The molecule has 1 heterocycles. The van der Waals surface area contributed by atoms with Gasteiger partial charge >= 0.3 is 0 Å². The maximum atomic E-state index is 12.6. The number of carbonyl (C=O) groups excluding carboxylic acids is 1. The van der Waals surface area contributed by atoms with Crippen LogP contribution in [0.3, 0.4) is 0 Å². The van der Waals surface area contributed by atoms with E-state index in [9.17, 15) is 4.79 Å². The molecule has 1 amide bonds. The average molecular weight is 271 g/mol. The van der Waals surface area contributed by atoms with E-state index in [1.807, 2.05) is 29.2 Å². The highest BCUT2D eigenvalue weighted by Crippen LogP contribution is 2.19. The van der Waals surface area contributed by atoms with Gasteiger partial charge in [0, 0.05) is 25.1 Å². The minimum atomic E-state index is 0.0484. The summed E-state index contributed by atoms with van der Waals surface area (Å²) in [5.74, 6) is 6.52. The molecule has 1 saturated heterocycles. The van der Waals surface area contributed by atoms with E-state index in [0.29, 0.717) is 17.9 Å². The van der Waals surface area contributed by atoms with E-state index < -0.39 is 0 Å². The highest BCUT2D eigenvalue weighted by molar-refractivity contribution is 5.96. The van der Waals surface area contributed by atoms with Crippen molar-refractivity contribution in [1.29, 1.82) is 0 Å². The van der Waals surface area contributed by atoms with Crippen molar-refractivity contribution < 1.29 is 9.90 Å². The molecule has 0 saturated carbocycles. The van der Waals surface area contributed by atoms with Gasteiger partial charge in [0.2, 0.25) is 0 Å². The van der Waals surface area contributed by atoms with Gasteiger partial charge in [0.25, 0.3) is 5.91 Å². The first kappa shape index (κ1) is 14.6. The molecule has 0 aromatic heterocycles. The molecule has 0 bridgehead atoms. The fourth-order valence-electron chi connectivity index (χ4n) is 2.54. The van der Waals surface area contributed by atoms with Crippen molar-refractivity contribution in [1.82, 2.24) is 4.90 Å². The van der Waals surface area contributed by atoms with Gasteiger partial charge in [-0.1, -0.05) is 30.9 Å². The Bertz CT molecular complexity index is 527. The minimum absolute atomic E-state index is 0.0484. The lowest BCUT2D eigenvalue weighted by molar-refractivity contribution is 0.0683. The van der Waals surface area contributed by atoms with Crippen molar-refractivity contribution in [3.8, 4) is 11.8 Å². The van der Waals surface area contributed by atoms with Gasteiger partial charge in [0.1, 0.15) is 0 Å². The van der Waals surface area contributed by atoms with Crippen LogP contribution in [0.15, 0.2) is 24.3 Å². The van der Waals surface area contributed by atoms with Crippen LogP contribution in [0.5, 0.6) is 0 Å². The van der Waals surface area contributed by atoms with Crippen LogP contribution in [-0.2, 0) is 0 Å². The standard InChI is InChI=1S/C17H21NO2/c1-14-7-6-11-18(13-14)17(20)16-10-3-2-8-15(16)9-4-5-12-19/h2-3,8,10,14,19H,5-7,11-13H2,1H3. The lowest BCUT2D eigenvalue weighted by Crippen LogP contribution is -2.39. The summed E-state index contributed by atoms with van der Waals surface area (Å²) in [6.45, 7) is 3.90. The monoisotopic (exact) mass is 271 g/mol. The largest absolute Gasteiger partial charge is 0.395 e. The maximum Gasteiger partial charge on any atom is 0.255 e. The van der Waals surface area contributed by atoms with Crippen molar-refractivity contribution in [2.24, 2.45) is 5.92 Å². The molecule has 1 aliphatic rings. The van der Waals surface area contributed by atoms with Gasteiger partial charge < -0.3 is 10.0 Å². The van der Waals surface area contributed by atoms with Gasteiger partial charge in [0.05, 0.1) is 12.2 Å². The molecule has 1 atom stereocenters. The molecule has 0 radical (unpaired) electrons. The molecule has 0 spiro atoms. The molecular weight excluding hydrogens is 250 g/mol. The molecule has 1 aromatic carbocycles. The smallest absolute Gasteiger partial charge is 0.255 e. The number of benzene rings is 1. The summed E-state index contributed by atoms with van der Waals surface area (Å²) in [6, 6.07) is 7.46. The zero-order valence-corrected chi connectivity index (χ0v) is 11.9. The van der Waals surface area contributed by atoms with E-state index in [2.05, 4.69) is 18.8 Å². The summed E-state index contributed by atoms with van der Waals surface area (Å²) < 4.78 is 0. The molecule has 106 valence electrons. The lowest BCUT2D eigenvalue weighted by Gasteiger charge is -2.31. The van der Waals surface area contributed by atoms with Crippen LogP contribution in [0.25, 0.3) is 0 Å². The number of aliphatic hydroxyl groups is 1. The molecule has 1 aromatic rings. The van der Waals surface area contributed by atoms with E-state index in [0.717, 1.165) is 25.1 Å². The van der Waals surface area contributed by atoms with Gasteiger partial charge in [0.15, 0.2) is 0 Å². The van der Waals surface area contributed by atoms with E-state index in [1.165, 1.54) is 6.42 Å². The van der Waals surface area contributed by atoms with E-state index in [1.54, 1.807) is 0 Å². The van der Waals surface area contributed by atoms with Crippen molar-refractivity contribution >= 4 is 5.91 Å². The summed E-state index contributed by atoms with van der Waals surface area (Å²) in [4.78, 5) is 14.5. The second-order valence-corrected chi connectivity index (χ2v) is 5.32. The number of carbonyl (C=O) groups is 1. The summed E-state index contributed by atoms with van der Waals surface area (Å²) in [5, 5.41) is 8.78. The number of piperidine rings is 1. The Morgan fingerprint density at radius 2 is 2.25 bits per heavy atom. The zero-order valence-electron chi connectivity index (χ0n) is 11.9. The summed E-state index contributed by atoms with van der Waals surface area (Å²) in [6.07, 6.45) is 2.70. The molecular formula is C17H21NO2. The number of aliphatic hydroxyl groups excluding tert-OH is 1. The van der Waals surface area contributed by atoms with Gasteiger partial charge in [-0.15, -0.1) is 0 Å². The molecule has 2 rings (SSSR count). The first-order valence-corrected chi connectivity index (χ1v) is 7.20. The zero-order chi connectivity index (χ0) is 14.4. The van der Waals surface area contributed by atoms with Gasteiger partial charge in [-0.05, 0) is 30.9 Å². The van der Waals surface area contributed by atoms with Crippen LogP contribution in [0.2, 0.25) is 0 Å². The fraction of sp³-hybridized carbons (Fsp3) is 0.471. The molecule has 0 aliphatic carbocycles. The normalized spacial score (nSPS) is 18.3. The third-order valence-electron chi connectivity index (χ3n) is 3.56. The van der Waals surface area contributed by atoms with Gasteiger partial charge in [-0.25, -0.2) is 0 Å². The summed E-state index contributed by atoms with van der Waals surface area (Å²) >= 11 is 0. The Morgan fingerprint density at radius 3 is 3.00 bits per heavy atom. The number of nitrogens with zero attached hydrogens (tertiary/aromatic N) is 1. The van der Waals surface area contributed by atoms with E-state index in [4.69, 9.17) is 5.11 Å². The minimum Gasteiger partial charge on any atom is -0.395 e. The van der Waals surface area contributed by atoms with Gasteiger partial charge in [-0.3, -0.25) is 4.79 Å². The Hall–Kier alpha value is -1.79.